The zero-order chi connectivity index (χ0) is 31.9. The number of hydrogen-bond acceptors (Lipinski definition) is 9. The monoisotopic (exact) mass is 619 g/mol. The first-order valence-corrected chi connectivity index (χ1v) is 15.6. The van der Waals surface area contributed by atoms with Crippen molar-refractivity contribution in [1.29, 1.82) is 5.26 Å². The van der Waals surface area contributed by atoms with Gasteiger partial charge in [0.05, 0.1) is 18.5 Å². The van der Waals surface area contributed by atoms with E-state index in [4.69, 9.17) is 14.5 Å². The maximum Gasteiger partial charge on any atom is 0.410 e. The van der Waals surface area contributed by atoms with Crippen LogP contribution in [0.3, 0.4) is 0 Å². The Labute approximate surface area is 268 Å². The molecule has 0 saturated carbocycles. The minimum absolute atomic E-state index is 0.113. The predicted octanol–water partition coefficient (Wildman–Crippen LogP) is 5.10. The Balaban J connectivity index is 1.22. The molecule has 2 aliphatic heterocycles. The largest absolute Gasteiger partial charge is 0.462 e. The number of anilines is 2. The van der Waals surface area contributed by atoms with Crippen LogP contribution in [0.15, 0.2) is 78.9 Å². The molecule has 1 aromatic heterocycles. The van der Waals surface area contributed by atoms with Gasteiger partial charge in [-0.3, -0.25) is 4.79 Å². The fourth-order valence-corrected chi connectivity index (χ4v) is 6.02. The zero-order valence-electron chi connectivity index (χ0n) is 25.8. The molecule has 0 spiro atoms. The molecule has 0 radical (unpaired) electrons. The molecule has 4 aromatic rings. The highest BCUT2D eigenvalue weighted by Crippen LogP contribution is 2.26. The molecule has 11 heteroatoms. The summed E-state index contributed by atoms with van der Waals surface area (Å²) in [5.41, 5.74) is 1.72. The maximum absolute atomic E-state index is 13.7. The molecule has 6 rings (SSSR count). The summed E-state index contributed by atoms with van der Waals surface area (Å²) in [7, 11) is 2.07. The van der Waals surface area contributed by atoms with E-state index < -0.39 is 12.1 Å². The van der Waals surface area contributed by atoms with Crippen LogP contribution in [0.25, 0.3) is 10.8 Å². The molecule has 2 aliphatic rings. The molecule has 2 saturated heterocycles. The van der Waals surface area contributed by atoms with Crippen molar-refractivity contribution in [3.63, 3.8) is 0 Å². The Morgan fingerprint density at radius 3 is 2.59 bits per heavy atom. The lowest BCUT2D eigenvalue weighted by molar-refractivity contribution is 0.0767. The molecule has 2 atom stereocenters. The van der Waals surface area contributed by atoms with Crippen LogP contribution >= 0.6 is 0 Å². The van der Waals surface area contributed by atoms with E-state index in [0.717, 1.165) is 35.7 Å². The summed E-state index contributed by atoms with van der Waals surface area (Å²) in [6, 6.07) is 26.8. The minimum atomic E-state index is -0.466. The highest BCUT2D eigenvalue weighted by Gasteiger charge is 2.33. The molecular weight excluding hydrogens is 582 g/mol. The van der Waals surface area contributed by atoms with E-state index in [1.165, 1.54) is 0 Å². The third-order valence-electron chi connectivity index (χ3n) is 8.61. The van der Waals surface area contributed by atoms with Crippen LogP contribution in [0, 0.1) is 11.3 Å². The number of aromatic nitrogens is 2. The van der Waals surface area contributed by atoms with Gasteiger partial charge in [0.25, 0.3) is 5.91 Å². The Morgan fingerprint density at radius 2 is 1.78 bits per heavy atom. The van der Waals surface area contributed by atoms with Crippen LogP contribution in [0.4, 0.5) is 16.3 Å². The van der Waals surface area contributed by atoms with Crippen LogP contribution in [0.5, 0.6) is 6.01 Å². The van der Waals surface area contributed by atoms with Crippen LogP contribution in [-0.4, -0.2) is 83.7 Å². The molecule has 46 heavy (non-hydrogen) atoms. The minimum Gasteiger partial charge on any atom is -0.462 e. The van der Waals surface area contributed by atoms with Gasteiger partial charge in [0.15, 0.2) is 0 Å². The summed E-state index contributed by atoms with van der Waals surface area (Å²) in [6.07, 6.45) is 1.77. The SMILES string of the molecule is CN1CCC[C@H]1COc1nc(C(=O)Nc2cccc3ccccc23)cc(N2CCN(C(=O)OCc3ccccc3)[C@@H](CC#N)C2)n1. The van der Waals surface area contributed by atoms with Gasteiger partial charge in [0.1, 0.15) is 24.7 Å². The fraction of sp³-hybridized carbons (Fsp3) is 0.343. The summed E-state index contributed by atoms with van der Waals surface area (Å²) in [4.78, 5) is 41.8. The Bertz CT molecular complexity index is 1720. The van der Waals surface area contributed by atoms with E-state index in [1.807, 2.05) is 77.7 Å². The quantitative estimate of drug-likeness (QED) is 0.273. The number of likely N-dealkylation sites (N-methyl/N-ethyl adjacent to an activating group) is 1. The Hall–Kier alpha value is -5.21. The molecule has 0 bridgehead atoms. The number of fused-ring (bicyclic) bond motifs is 1. The highest BCUT2D eigenvalue weighted by molar-refractivity contribution is 6.08. The number of piperazine rings is 1. The second kappa shape index (κ2) is 14.3. The lowest BCUT2D eigenvalue weighted by atomic mass is 10.1. The summed E-state index contributed by atoms with van der Waals surface area (Å²) in [5.74, 6) is 0.104. The van der Waals surface area contributed by atoms with E-state index in [0.29, 0.717) is 37.7 Å². The number of nitriles is 1. The molecular formula is C35H37N7O4. The Kier molecular flexibility index (Phi) is 9.55. The van der Waals surface area contributed by atoms with Gasteiger partial charge in [-0.25, -0.2) is 4.79 Å². The molecule has 2 fully saturated rings. The van der Waals surface area contributed by atoms with E-state index in [9.17, 15) is 14.9 Å². The van der Waals surface area contributed by atoms with Gasteiger partial charge in [-0.15, -0.1) is 0 Å². The van der Waals surface area contributed by atoms with Gasteiger partial charge in [0.2, 0.25) is 0 Å². The third-order valence-corrected chi connectivity index (χ3v) is 8.61. The number of carbonyl (C=O) groups excluding carboxylic acids is 2. The van der Waals surface area contributed by atoms with Gasteiger partial charge in [-0.1, -0.05) is 66.7 Å². The van der Waals surface area contributed by atoms with Crippen molar-refractivity contribution >= 4 is 34.3 Å². The molecule has 1 N–H and O–H groups in total. The molecule has 236 valence electrons. The average Bonchev–Trinajstić information content (AvgIpc) is 3.51. The van der Waals surface area contributed by atoms with E-state index >= 15 is 0 Å². The van der Waals surface area contributed by atoms with Crippen molar-refractivity contribution in [2.24, 2.45) is 0 Å². The lowest BCUT2D eigenvalue weighted by Gasteiger charge is -2.40. The van der Waals surface area contributed by atoms with Gasteiger partial charge >= 0.3 is 12.1 Å². The van der Waals surface area contributed by atoms with Crippen molar-refractivity contribution in [2.75, 3.05) is 50.1 Å². The van der Waals surface area contributed by atoms with Crippen LogP contribution < -0.4 is 15.0 Å². The number of benzene rings is 3. The number of amides is 2. The fourth-order valence-electron chi connectivity index (χ4n) is 6.02. The van der Waals surface area contributed by atoms with E-state index in [1.54, 1.807) is 11.0 Å². The van der Waals surface area contributed by atoms with Gasteiger partial charge in [-0.2, -0.15) is 15.2 Å². The number of nitrogens with one attached hydrogen (secondary N) is 1. The molecule has 3 aromatic carbocycles. The molecule has 2 amide bonds. The molecule has 0 aliphatic carbocycles. The van der Waals surface area contributed by atoms with Crippen LogP contribution in [0.2, 0.25) is 0 Å². The number of hydrogen-bond donors (Lipinski definition) is 1. The summed E-state index contributed by atoms with van der Waals surface area (Å²) < 4.78 is 11.7. The molecule has 0 unspecified atom stereocenters. The molecule has 3 heterocycles. The van der Waals surface area contributed by atoms with Gasteiger partial charge in [0, 0.05) is 42.8 Å². The lowest BCUT2D eigenvalue weighted by Crippen LogP contribution is -2.55. The summed E-state index contributed by atoms with van der Waals surface area (Å²) in [5, 5.41) is 14.6. The van der Waals surface area contributed by atoms with Crippen molar-refractivity contribution in [1.82, 2.24) is 19.8 Å². The van der Waals surface area contributed by atoms with E-state index in [2.05, 4.69) is 28.3 Å². The highest BCUT2D eigenvalue weighted by atomic mass is 16.6. The van der Waals surface area contributed by atoms with Crippen molar-refractivity contribution in [2.45, 2.75) is 38.0 Å². The summed E-state index contributed by atoms with van der Waals surface area (Å²) >= 11 is 0. The normalized spacial score (nSPS) is 18.3. The van der Waals surface area contributed by atoms with Gasteiger partial charge in [-0.05, 0) is 43.5 Å². The molecule has 11 nitrogen and oxygen atoms in total. The van der Waals surface area contributed by atoms with Gasteiger partial charge < -0.3 is 29.5 Å². The zero-order valence-corrected chi connectivity index (χ0v) is 25.8. The number of carbonyl (C=O) groups is 2. The average molecular weight is 620 g/mol. The second-order valence-corrected chi connectivity index (χ2v) is 11.7. The standard InChI is InChI=1S/C35H37N7O4/c1-40-18-8-13-28(40)24-45-34-38-31(33(43)37-30-15-7-12-26-11-5-6-14-29(26)30)21-32(39-34)41-19-20-42(27(22-41)16-17-36)35(44)46-23-25-9-3-2-4-10-25/h2-7,9-12,14-15,21,27-28H,8,13,16,18-20,22-24H2,1H3,(H,37,43)/t27-,28-/m0/s1. The topological polar surface area (TPSA) is 124 Å². The third kappa shape index (κ3) is 7.19. The first-order valence-electron chi connectivity index (χ1n) is 15.6. The van der Waals surface area contributed by atoms with E-state index in [-0.39, 0.29) is 36.7 Å². The summed E-state index contributed by atoms with van der Waals surface area (Å²) in [6.45, 7) is 2.64. The van der Waals surface area contributed by atoms with Crippen molar-refractivity contribution in [3.05, 3.63) is 90.1 Å². The number of likely N-dealkylation sites (tertiary alicyclic amines) is 1. The second-order valence-electron chi connectivity index (χ2n) is 11.7. The van der Waals surface area contributed by atoms with Crippen molar-refractivity contribution in [3.8, 4) is 12.1 Å². The number of nitrogens with zero attached hydrogens (tertiary/aromatic N) is 6. The van der Waals surface area contributed by atoms with Crippen LogP contribution in [-0.2, 0) is 11.3 Å². The first-order chi connectivity index (χ1) is 22.5. The van der Waals surface area contributed by atoms with Crippen LogP contribution in [0.1, 0.15) is 35.3 Å². The maximum atomic E-state index is 13.7. The smallest absolute Gasteiger partial charge is 0.410 e. The number of rotatable bonds is 9. The Morgan fingerprint density at radius 1 is 0.978 bits per heavy atom. The predicted molar refractivity (Wildman–Crippen MR) is 175 cm³/mol. The van der Waals surface area contributed by atoms with Crippen molar-refractivity contribution < 1.29 is 19.1 Å². The first kappa shape index (κ1) is 30.8. The number of ether oxygens (including phenoxy) is 2.